The molecule has 0 unspecified atom stereocenters. The third kappa shape index (κ3) is 4.50. The summed E-state index contributed by atoms with van der Waals surface area (Å²) in [5.41, 5.74) is 10.8. The average Bonchev–Trinajstić information content (AvgIpc) is 3.13. The van der Waals surface area contributed by atoms with Gasteiger partial charge in [0.25, 0.3) is 0 Å². The van der Waals surface area contributed by atoms with Gasteiger partial charge in [0, 0.05) is 0 Å². The molecular formula is C37H41Ge2N. The van der Waals surface area contributed by atoms with Crippen LogP contribution in [0.15, 0.2) is 85.1 Å². The first-order chi connectivity index (χ1) is 18.8. The van der Waals surface area contributed by atoms with Crippen molar-refractivity contribution in [2.75, 3.05) is 0 Å². The van der Waals surface area contributed by atoms with E-state index in [0.717, 1.165) is 0 Å². The van der Waals surface area contributed by atoms with E-state index >= 15 is 0 Å². The molecule has 1 aliphatic rings. The Morgan fingerprint density at radius 2 is 1.45 bits per heavy atom. The molecular weight excluding hydrogens is 604 g/mol. The van der Waals surface area contributed by atoms with Crippen molar-refractivity contribution in [3.63, 3.8) is 0 Å². The summed E-state index contributed by atoms with van der Waals surface area (Å²) in [5.74, 6) is 12.6. The molecule has 1 aromatic heterocycles. The molecule has 6 rings (SSSR count). The summed E-state index contributed by atoms with van der Waals surface area (Å²) in [6.07, 6.45) is 2.03. The van der Waals surface area contributed by atoms with Crippen LogP contribution in [0.25, 0.3) is 44.3 Å². The molecule has 1 aliphatic heterocycles. The third-order valence-corrected chi connectivity index (χ3v) is 20.6. The van der Waals surface area contributed by atoms with E-state index in [4.69, 9.17) is 4.98 Å². The van der Waals surface area contributed by atoms with Crippen molar-refractivity contribution in [2.24, 2.45) is 0 Å². The Labute approximate surface area is 245 Å². The number of rotatable bonds is 3. The fourth-order valence-corrected chi connectivity index (χ4v) is 16.3. The Kier molecular flexibility index (Phi) is 6.51. The number of aromatic nitrogens is 1. The summed E-state index contributed by atoms with van der Waals surface area (Å²) in [4.78, 5) is 5.11. The number of fused-ring (bicyclic) bond motifs is 4. The van der Waals surface area contributed by atoms with Gasteiger partial charge in [-0.05, 0) is 0 Å². The molecule has 0 atom stereocenters. The second-order valence-corrected chi connectivity index (χ2v) is 33.9. The van der Waals surface area contributed by atoms with E-state index in [0.29, 0.717) is 0 Å². The zero-order chi connectivity index (χ0) is 28.6. The van der Waals surface area contributed by atoms with Gasteiger partial charge in [0.15, 0.2) is 0 Å². The van der Waals surface area contributed by atoms with Gasteiger partial charge in [0.05, 0.1) is 0 Å². The Bertz CT molecular complexity index is 1800. The molecule has 0 saturated carbocycles. The van der Waals surface area contributed by atoms with Gasteiger partial charge in [-0.3, -0.25) is 0 Å². The van der Waals surface area contributed by atoms with Crippen LogP contribution in [0.5, 0.6) is 0 Å². The van der Waals surface area contributed by atoms with Gasteiger partial charge in [-0.2, -0.15) is 0 Å². The van der Waals surface area contributed by atoms with Crippen LogP contribution in [0.2, 0.25) is 28.8 Å². The predicted octanol–water partition coefficient (Wildman–Crippen LogP) is 8.52. The summed E-state index contributed by atoms with van der Waals surface area (Å²) < 4.78 is 4.68. The zero-order valence-corrected chi connectivity index (χ0v) is 29.7. The van der Waals surface area contributed by atoms with Crippen LogP contribution in [0, 0.1) is 6.92 Å². The maximum absolute atomic E-state index is 5.11. The number of aryl methyl sites for hydroxylation is 1. The van der Waals surface area contributed by atoms with Crippen LogP contribution >= 0.6 is 0 Å². The van der Waals surface area contributed by atoms with Crippen molar-refractivity contribution < 1.29 is 0 Å². The quantitative estimate of drug-likeness (QED) is 0.180. The SMILES string of the molecule is Cc1c[c]([Ge]([CH3])([CH3])[CH3])ccc1-c1ccc2[c](c1)[Ge]([CH3])([CH3])[c]1c-2ccnc1-c1cc(C(C)(C)C)c2ccccc2c1. The van der Waals surface area contributed by atoms with E-state index in [2.05, 4.69) is 135 Å². The van der Waals surface area contributed by atoms with Crippen LogP contribution in [-0.4, -0.2) is 31.5 Å². The van der Waals surface area contributed by atoms with Gasteiger partial charge < -0.3 is 0 Å². The van der Waals surface area contributed by atoms with Crippen LogP contribution in [-0.2, 0) is 5.41 Å². The molecule has 40 heavy (non-hydrogen) atoms. The normalized spacial score (nSPS) is 14.3. The Morgan fingerprint density at radius 1 is 0.725 bits per heavy atom. The van der Waals surface area contributed by atoms with Gasteiger partial charge in [-0.15, -0.1) is 0 Å². The Morgan fingerprint density at radius 3 is 2.15 bits per heavy atom. The number of benzene rings is 4. The molecule has 0 radical (unpaired) electrons. The predicted molar refractivity (Wildman–Crippen MR) is 181 cm³/mol. The van der Waals surface area contributed by atoms with Crippen molar-refractivity contribution >= 4 is 50.5 Å². The first-order valence-corrected chi connectivity index (χ1v) is 28.2. The van der Waals surface area contributed by atoms with E-state index in [9.17, 15) is 0 Å². The minimum atomic E-state index is -2.66. The summed E-state index contributed by atoms with van der Waals surface area (Å²) in [5, 5.41) is 2.64. The molecule has 0 fully saturated rings. The molecule has 3 heteroatoms. The second kappa shape index (κ2) is 9.46. The molecule has 0 N–H and O–H groups in total. The molecule has 202 valence electrons. The molecule has 2 heterocycles. The maximum atomic E-state index is 5.11. The fourth-order valence-electron chi connectivity index (χ4n) is 6.66. The molecule has 0 spiro atoms. The standard InChI is InChI=1S/C37H41Ge2N/c1-24-20-28(38(5,6)7)15-17-29(24)26-14-16-31-32-18-19-40-36(35(32)39(8,9)34(31)23-26)27-21-25-12-10-11-13-30(25)33(22-27)37(2,3)4/h10-23H,1-9H3. The summed E-state index contributed by atoms with van der Waals surface area (Å²) in [6, 6.07) is 30.4. The second-order valence-electron chi connectivity index (χ2n) is 14.2. The van der Waals surface area contributed by atoms with Gasteiger partial charge in [0.1, 0.15) is 0 Å². The summed E-state index contributed by atoms with van der Waals surface area (Å²) >= 11 is -4.53. The Balaban J connectivity index is 1.51. The van der Waals surface area contributed by atoms with Crippen LogP contribution in [0.3, 0.4) is 0 Å². The van der Waals surface area contributed by atoms with Crippen LogP contribution in [0.1, 0.15) is 31.9 Å². The first kappa shape index (κ1) is 27.5. The fraction of sp³-hybridized carbons (Fsp3) is 0.270. The summed E-state index contributed by atoms with van der Waals surface area (Å²) in [7, 11) is 0. The average molecular weight is 645 g/mol. The van der Waals surface area contributed by atoms with Gasteiger partial charge >= 0.3 is 247 Å². The Hall–Kier alpha value is -2.62. The topological polar surface area (TPSA) is 12.9 Å². The van der Waals surface area contributed by atoms with E-state index in [1.165, 1.54) is 59.8 Å². The van der Waals surface area contributed by atoms with E-state index < -0.39 is 26.5 Å². The number of hydrogen-bond donors (Lipinski definition) is 0. The van der Waals surface area contributed by atoms with E-state index in [1.54, 1.807) is 8.79 Å². The first-order valence-electron chi connectivity index (χ1n) is 14.6. The third-order valence-electron chi connectivity index (χ3n) is 8.91. The van der Waals surface area contributed by atoms with Crippen LogP contribution < -0.4 is 13.2 Å². The molecule has 4 aromatic carbocycles. The molecule has 0 amide bonds. The van der Waals surface area contributed by atoms with Crippen LogP contribution in [0.4, 0.5) is 0 Å². The van der Waals surface area contributed by atoms with Crippen molar-refractivity contribution in [2.45, 2.75) is 61.9 Å². The van der Waals surface area contributed by atoms with Gasteiger partial charge in [-0.25, -0.2) is 0 Å². The van der Waals surface area contributed by atoms with Crippen molar-refractivity contribution in [1.29, 1.82) is 0 Å². The van der Waals surface area contributed by atoms with E-state index in [-0.39, 0.29) is 5.41 Å². The molecule has 1 nitrogen and oxygen atoms in total. The van der Waals surface area contributed by atoms with Gasteiger partial charge in [-0.1, -0.05) is 0 Å². The van der Waals surface area contributed by atoms with Crippen molar-refractivity contribution in [3.05, 3.63) is 96.2 Å². The number of hydrogen-bond acceptors (Lipinski definition) is 1. The number of pyridine rings is 1. The van der Waals surface area contributed by atoms with Crippen molar-refractivity contribution in [1.82, 2.24) is 4.98 Å². The zero-order valence-electron chi connectivity index (χ0n) is 25.5. The number of nitrogens with zero attached hydrogens (tertiary/aromatic N) is 1. The van der Waals surface area contributed by atoms with E-state index in [1.807, 2.05) is 6.20 Å². The minimum absolute atomic E-state index is 0.0478. The molecule has 5 aromatic rings. The summed E-state index contributed by atoms with van der Waals surface area (Å²) in [6.45, 7) is 9.24. The molecule has 0 bridgehead atoms. The molecule has 0 saturated heterocycles. The van der Waals surface area contributed by atoms with Crippen molar-refractivity contribution in [3.8, 4) is 33.5 Å². The monoisotopic (exact) mass is 647 g/mol. The van der Waals surface area contributed by atoms with Gasteiger partial charge in [0.2, 0.25) is 0 Å². The molecule has 0 aliphatic carbocycles.